The van der Waals surface area contributed by atoms with Crippen molar-refractivity contribution < 1.29 is 4.74 Å². The third-order valence-corrected chi connectivity index (χ3v) is 3.95. The Morgan fingerprint density at radius 3 is 2.19 bits per heavy atom. The van der Waals surface area contributed by atoms with Gasteiger partial charge < -0.3 is 10.5 Å². The molecule has 0 aliphatic heterocycles. The number of rotatable bonds is 6. The molecule has 0 fully saturated rings. The van der Waals surface area contributed by atoms with Gasteiger partial charge in [-0.3, -0.25) is 0 Å². The summed E-state index contributed by atoms with van der Waals surface area (Å²) in [7, 11) is 1.71. The Bertz CT molecular complexity index is 560. The molecule has 2 aromatic carbocycles. The Morgan fingerprint density at radius 1 is 0.952 bits per heavy atom. The second-order valence-corrected chi connectivity index (χ2v) is 5.78. The fraction of sp³-hybridized carbons (Fsp3) is 0.368. The number of methoxy groups -OCH3 is 1. The molecule has 0 aromatic heterocycles. The first kappa shape index (κ1) is 15.6. The summed E-state index contributed by atoms with van der Waals surface area (Å²) in [6, 6.07) is 16.9. The standard InChI is InChI=1S/C19H25NO/c1-14(2)15-8-10-16(11-9-15)18(20)13-12-17-6-4-5-7-19(17)21-3/h4-11,14,18H,12-13,20H2,1-3H3. The number of ether oxygens (including phenoxy) is 1. The number of para-hydroxylation sites is 1. The van der Waals surface area contributed by atoms with Gasteiger partial charge in [0.15, 0.2) is 0 Å². The van der Waals surface area contributed by atoms with E-state index in [-0.39, 0.29) is 6.04 Å². The van der Waals surface area contributed by atoms with Gasteiger partial charge in [-0.15, -0.1) is 0 Å². The number of hydrogen-bond donors (Lipinski definition) is 1. The van der Waals surface area contributed by atoms with E-state index in [1.54, 1.807) is 7.11 Å². The summed E-state index contributed by atoms with van der Waals surface area (Å²) in [5.41, 5.74) is 10.1. The third-order valence-electron chi connectivity index (χ3n) is 3.95. The molecule has 2 nitrogen and oxygen atoms in total. The van der Waals surface area contributed by atoms with Crippen LogP contribution in [0.4, 0.5) is 0 Å². The normalized spacial score (nSPS) is 12.4. The molecule has 0 aliphatic carbocycles. The third kappa shape index (κ3) is 4.08. The van der Waals surface area contributed by atoms with Crippen molar-refractivity contribution in [3.63, 3.8) is 0 Å². The molecule has 0 aliphatic rings. The highest BCUT2D eigenvalue weighted by molar-refractivity contribution is 5.34. The van der Waals surface area contributed by atoms with Crippen LogP contribution in [0.25, 0.3) is 0 Å². The van der Waals surface area contributed by atoms with Crippen LogP contribution in [0.15, 0.2) is 48.5 Å². The van der Waals surface area contributed by atoms with Crippen LogP contribution in [0.3, 0.4) is 0 Å². The molecule has 0 saturated heterocycles. The van der Waals surface area contributed by atoms with E-state index in [2.05, 4.69) is 44.2 Å². The molecule has 2 rings (SSSR count). The van der Waals surface area contributed by atoms with Crippen molar-refractivity contribution in [3.05, 3.63) is 65.2 Å². The molecular weight excluding hydrogens is 258 g/mol. The molecule has 1 unspecified atom stereocenters. The number of benzene rings is 2. The zero-order valence-corrected chi connectivity index (χ0v) is 13.2. The molecule has 2 N–H and O–H groups in total. The molecule has 0 radical (unpaired) electrons. The van der Waals surface area contributed by atoms with Crippen LogP contribution in [0.1, 0.15) is 48.9 Å². The molecule has 0 saturated carbocycles. The Kier molecular flexibility index (Phi) is 5.40. The van der Waals surface area contributed by atoms with Gasteiger partial charge in [0, 0.05) is 6.04 Å². The predicted octanol–water partition coefficient (Wildman–Crippen LogP) is 4.45. The first-order valence-corrected chi connectivity index (χ1v) is 7.59. The summed E-state index contributed by atoms with van der Waals surface area (Å²) in [5, 5.41) is 0. The van der Waals surface area contributed by atoms with Gasteiger partial charge in [0.05, 0.1) is 7.11 Å². The van der Waals surface area contributed by atoms with Crippen molar-refractivity contribution in [1.82, 2.24) is 0 Å². The highest BCUT2D eigenvalue weighted by Gasteiger charge is 2.09. The highest BCUT2D eigenvalue weighted by atomic mass is 16.5. The van der Waals surface area contributed by atoms with Crippen molar-refractivity contribution in [2.75, 3.05) is 7.11 Å². The summed E-state index contributed by atoms with van der Waals surface area (Å²) >= 11 is 0. The molecule has 0 bridgehead atoms. The molecule has 0 spiro atoms. The summed E-state index contributed by atoms with van der Waals surface area (Å²) in [6.07, 6.45) is 1.85. The van der Waals surface area contributed by atoms with Gasteiger partial charge in [-0.25, -0.2) is 0 Å². The number of hydrogen-bond acceptors (Lipinski definition) is 2. The Balaban J connectivity index is 1.99. The minimum Gasteiger partial charge on any atom is -0.496 e. The summed E-state index contributed by atoms with van der Waals surface area (Å²) < 4.78 is 5.38. The molecular formula is C19H25NO. The van der Waals surface area contributed by atoms with Gasteiger partial charge in [-0.2, -0.15) is 0 Å². The first-order valence-electron chi connectivity index (χ1n) is 7.59. The Morgan fingerprint density at radius 2 is 1.57 bits per heavy atom. The topological polar surface area (TPSA) is 35.2 Å². The number of aryl methyl sites for hydroxylation is 1. The fourth-order valence-corrected chi connectivity index (χ4v) is 2.52. The zero-order valence-electron chi connectivity index (χ0n) is 13.2. The van der Waals surface area contributed by atoms with Crippen LogP contribution in [0, 0.1) is 0 Å². The second kappa shape index (κ2) is 7.28. The van der Waals surface area contributed by atoms with Gasteiger partial charge >= 0.3 is 0 Å². The van der Waals surface area contributed by atoms with Crippen LogP contribution in [0.5, 0.6) is 5.75 Å². The van der Waals surface area contributed by atoms with Gasteiger partial charge in [0.2, 0.25) is 0 Å². The van der Waals surface area contributed by atoms with E-state index in [0.717, 1.165) is 18.6 Å². The second-order valence-electron chi connectivity index (χ2n) is 5.78. The van der Waals surface area contributed by atoms with Crippen LogP contribution < -0.4 is 10.5 Å². The average Bonchev–Trinajstić information content (AvgIpc) is 2.52. The maximum atomic E-state index is 6.32. The maximum absolute atomic E-state index is 6.32. The van der Waals surface area contributed by atoms with Crippen LogP contribution in [-0.2, 0) is 6.42 Å². The van der Waals surface area contributed by atoms with Crippen molar-refractivity contribution in [2.45, 2.75) is 38.6 Å². The van der Waals surface area contributed by atoms with Crippen LogP contribution in [0.2, 0.25) is 0 Å². The van der Waals surface area contributed by atoms with Crippen LogP contribution >= 0.6 is 0 Å². The van der Waals surface area contributed by atoms with Gasteiger partial charge in [-0.1, -0.05) is 56.3 Å². The lowest BCUT2D eigenvalue weighted by molar-refractivity contribution is 0.408. The lowest BCUT2D eigenvalue weighted by Gasteiger charge is -2.15. The van der Waals surface area contributed by atoms with E-state index >= 15 is 0 Å². The predicted molar refractivity (Wildman–Crippen MR) is 88.8 cm³/mol. The Labute approximate surface area is 127 Å². The molecule has 2 aromatic rings. The highest BCUT2D eigenvalue weighted by Crippen LogP contribution is 2.24. The van der Waals surface area contributed by atoms with Crippen molar-refractivity contribution >= 4 is 0 Å². The number of nitrogens with two attached hydrogens (primary N) is 1. The van der Waals surface area contributed by atoms with E-state index in [4.69, 9.17) is 10.5 Å². The van der Waals surface area contributed by atoms with E-state index in [1.165, 1.54) is 16.7 Å². The molecule has 1 atom stereocenters. The van der Waals surface area contributed by atoms with Gasteiger partial charge in [0.25, 0.3) is 0 Å². The van der Waals surface area contributed by atoms with Crippen LogP contribution in [-0.4, -0.2) is 7.11 Å². The van der Waals surface area contributed by atoms with Crippen molar-refractivity contribution in [2.24, 2.45) is 5.73 Å². The van der Waals surface area contributed by atoms with E-state index in [9.17, 15) is 0 Å². The van der Waals surface area contributed by atoms with Crippen molar-refractivity contribution in [3.8, 4) is 5.75 Å². The quantitative estimate of drug-likeness (QED) is 0.850. The van der Waals surface area contributed by atoms with E-state index in [1.807, 2.05) is 18.2 Å². The maximum Gasteiger partial charge on any atom is 0.122 e. The summed E-state index contributed by atoms with van der Waals surface area (Å²) in [5.74, 6) is 1.50. The molecule has 0 heterocycles. The zero-order chi connectivity index (χ0) is 15.2. The van der Waals surface area contributed by atoms with E-state index in [0.29, 0.717) is 5.92 Å². The molecule has 2 heteroatoms. The summed E-state index contributed by atoms with van der Waals surface area (Å²) in [4.78, 5) is 0. The summed E-state index contributed by atoms with van der Waals surface area (Å²) in [6.45, 7) is 4.41. The average molecular weight is 283 g/mol. The monoisotopic (exact) mass is 283 g/mol. The molecule has 112 valence electrons. The van der Waals surface area contributed by atoms with Gasteiger partial charge in [0.1, 0.15) is 5.75 Å². The fourth-order valence-electron chi connectivity index (χ4n) is 2.52. The molecule has 0 amide bonds. The van der Waals surface area contributed by atoms with Gasteiger partial charge in [-0.05, 0) is 41.5 Å². The first-order chi connectivity index (χ1) is 10.1. The SMILES string of the molecule is COc1ccccc1CCC(N)c1ccc(C(C)C)cc1. The van der Waals surface area contributed by atoms with E-state index < -0.39 is 0 Å². The largest absolute Gasteiger partial charge is 0.496 e. The minimum atomic E-state index is 0.0659. The minimum absolute atomic E-state index is 0.0659. The lowest BCUT2D eigenvalue weighted by atomic mass is 9.96. The Hall–Kier alpha value is -1.80. The molecule has 21 heavy (non-hydrogen) atoms. The lowest BCUT2D eigenvalue weighted by Crippen LogP contribution is -2.11. The van der Waals surface area contributed by atoms with Crippen molar-refractivity contribution in [1.29, 1.82) is 0 Å². The smallest absolute Gasteiger partial charge is 0.122 e.